The number of carbonyl (C=O) groups is 1. The average molecular weight is 289 g/mol. The van der Waals surface area contributed by atoms with Crippen LogP contribution in [0.25, 0.3) is 0 Å². The summed E-state index contributed by atoms with van der Waals surface area (Å²) in [4.78, 5) is 18.4. The Morgan fingerprint density at radius 1 is 1.45 bits per heavy atom. The van der Waals surface area contributed by atoms with Gasteiger partial charge < -0.3 is 10.2 Å². The number of piperidine rings is 1. The molecule has 3 rings (SSSR count). The molecular formula is C13H15N5OS. The van der Waals surface area contributed by atoms with Gasteiger partial charge in [-0.15, -0.1) is 16.4 Å². The molecule has 1 atom stereocenters. The second kappa shape index (κ2) is 5.96. The molecule has 0 unspecified atom stereocenters. The van der Waals surface area contributed by atoms with Crippen LogP contribution in [0.1, 0.15) is 12.8 Å². The number of hydrogen-bond acceptors (Lipinski definition) is 6. The van der Waals surface area contributed by atoms with Crippen molar-refractivity contribution in [2.45, 2.75) is 12.8 Å². The van der Waals surface area contributed by atoms with Crippen LogP contribution in [0.3, 0.4) is 0 Å². The van der Waals surface area contributed by atoms with Crippen LogP contribution in [0.15, 0.2) is 29.9 Å². The summed E-state index contributed by atoms with van der Waals surface area (Å²) in [6, 6.07) is 3.79. The lowest BCUT2D eigenvalue weighted by atomic mass is 9.97. The second-order valence-electron chi connectivity index (χ2n) is 4.69. The zero-order chi connectivity index (χ0) is 13.8. The van der Waals surface area contributed by atoms with Crippen LogP contribution >= 0.6 is 11.3 Å². The molecule has 3 heterocycles. The minimum absolute atomic E-state index is 0.0327. The first-order valence-electron chi connectivity index (χ1n) is 6.56. The normalized spacial score (nSPS) is 18.8. The van der Waals surface area contributed by atoms with Gasteiger partial charge in [0.15, 0.2) is 10.9 Å². The first-order valence-corrected chi connectivity index (χ1v) is 7.44. The monoisotopic (exact) mass is 289 g/mol. The van der Waals surface area contributed by atoms with E-state index in [1.54, 1.807) is 12.4 Å². The van der Waals surface area contributed by atoms with Crippen LogP contribution in [0.2, 0.25) is 0 Å². The van der Waals surface area contributed by atoms with E-state index >= 15 is 0 Å². The summed E-state index contributed by atoms with van der Waals surface area (Å²) >= 11 is 1.43. The Balaban J connectivity index is 1.64. The molecule has 1 fully saturated rings. The number of nitrogens with zero attached hydrogens (tertiary/aromatic N) is 4. The Hall–Kier alpha value is -2.02. The van der Waals surface area contributed by atoms with Crippen LogP contribution in [-0.4, -0.2) is 34.2 Å². The number of carbonyl (C=O) groups excluding carboxylic acids is 1. The number of anilines is 2. The van der Waals surface area contributed by atoms with E-state index in [0.717, 1.165) is 25.2 Å². The summed E-state index contributed by atoms with van der Waals surface area (Å²) in [7, 11) is 0. The number of hydrogen-bond donors (Lipinski definition) is 1. The quantitative estimate of drug-likeness (QED) is 0.932. The van der Waals surface area contributed by atoms with E-state index in [4.69, 9.17) is 0 Å². The molecule has 1 amide bonds. The number of aromatic nitrogens is 3. The van der Waals surface area contributed by atoms with E-state index in [1.165, 1.54) is 11.3 Å². The van der Waals surface area contributed by atoms with Crippen molar-refractivity contribution in [2.75, 3.05) is 23.3 Å². The topological polar surface area (TPSA) is 71.0 Å². The smallest absolute Gasteiger partial charge is 0.231 e. The summed E-state index contributed by atoms with van der Waals surface area (Å²) in [5.41, 5.74) is 0. The number of rotatable bonds is 3. The molecule has 1 saturated heterocycles. The van der Waals surface area contributed by atoms with Crippen LogP contribution in [0.4, 0.5) is 10.9 Å². The Morgan fingerprint density at radius 2 is 2.40 bits per heavy atom. The highest BCUT2D eigenvalue weighted by molar-refractivity contribution is 7.13. The summed E-state index contributed by atoms with van der Waals surface area (Å²) in [6.45, 7) is 1.59. The standard InChI is InChI=1S/C13H15N5OS/c19-12(16-13-14-6-8-20-13)10-3-2-7-18(9-10)11-4-1-5-15-17-11/h1,4-6,8,10H,2-3,7,9H2,(H,14,16,19)/t10-/m1/s1. The van der Waals surface area contributed by atoms with Crippen molar-refractivity contribution < 1.29 is 4.79 Å². The lowest BCUT2D eigenvalue weighted by molar-refractivity contribution is -0.120. The van der Waals surface area contributed by atoms with Gasteiger partial charge in [-0.1, -0.05) is 0 Å². The van der Waals surface area contributed by atoms with Crippen molar-refractivity contribution in [3.8, 4) is 0 Å². The molecule has 0 radical (unpaired) electrons. The van der Waals surface area contributed by atoms with Crippen molar-refractivity contribution in [1.29, 1.82) is 0 Å². The van der Waals surface area contributed by atoms with Crippen molar-refractivity contribution >= 4 is 28.2 Å². The largest absolute Gasteiger partial charge is 0.354 e. The SMILES string of the molecule is O=C(Nc1nccs1)[C@@H]1CCCN(c2cccnn2)C1. The van der Waals surface area contributed by atoms with Crippen LogP contribution in [-0.2, 0) is 4.79 Å². The molecule has 104 valence electrons. The highest BCUT2D eigenvalue weighted by Crippen LogP contribution is 2.22. The molecule has 20 heavy (non-hydrogen) atoms. The maximum Gasteiger partial charge on any atom is 0.231 e. The molecule has 0 saturated carbocycles. The maximum atomic E-state index is 12.2. The van der Waals surface area contributed by atoms with Gasteiger partial charge in [-0.05, 0) is 25.0 Å². The van der Waals surface area contributed by atoms with Gasteiger partial charge in [0.25, 0.3) is 0 Å². The second-order valence-corrected chi connectivity index (χ2v) is 5.59. The zero-order valence-corrected chi connectivity index (χ0v) is 11.7. The Bertz CT molecular complexity index is 559. The van der Waals surface area contributed by atoms with Gasteiger partial charge in [-0.2, -0.15) is 5.10 Å². The van der Waals surface area contributed by atoms with Crippen molar-refractivity contribution in [3.63, 3.8) is 0 Å². The fourth-order valence-corrected chi connectivity index (χ4v) is 2.89. The Kier molecular flexibility index (Phi) is 3.87. The molecule has 0 aliphatic carbocycles. The van der Waals surface area contributed by atoms with Gasteiger partial charge in [0.05, 0.1) is 5.92 Å². The lowest BCUT2D eigenvalue weighted by Gasteiger charge is -2.32. The Labute approximate surface area is 120 Å². The highest BCUT2D eigenvalue weighted by Gasteiger charge is 2.27. The Morgan fingerprint density at radius 3 is 3.15 bits per heavy atom. The summed E-state index contributed by atoms with van der Waals surface area (Å²) in [6.07, 6.45) is 5.22. The molecule has 0 spiro atoms. The summed E-state index contributed by atoms with van der Waals surface area (Å²) in [5.74, 6) is 0.836. The minimum Gasteiger partial charge on any atom is -0.354 e. The van der Waals surface area contributed by atoms with E-state index in [1.807, 2.05) is 17.5 Å². The number of thiazole rings is 1. The minimum atomic E-state index is -0.0327. The van der Waals surface area contributed by atoms with Gasteiger partial charge in [-0.3, -0.25) is 4.79 Å². The van der Waals surface area contributed by atoms with Gasteiger partial charge >= 0.3 is 0 Å². The first kappa shape index (κ1) is 13.0. The lowest BCUT2D eigenvalue weighted by Crippen LogP contribution is -2.41. The molecule has 2 aromatic heterocycles. The zero-order valence-electron chi connectivity index (χ0n) is 10.9. The van der Waals surface area contributed by atoms with E-state index in [9.17, 15) is 4.79 Å². The molecule has 0 bridgehead atoms. The van der Waals surface area contributed by atoms with Gasteiger partial charge in [0.1, 0.15) is 0 Å². The molecule has 6 nitrogen and oxygen atoms in total. The van der Waals surface area contributed by atoms with Crippen molar-refractivity contribution in [1.82, 2.24) is 15.2 Å². The van der Waals surface area contributed by atoms with Crippen LogP contribution < -0.4 is 10.2 Å². The summed E-state index contributed by atoms with van der Waals surface area (Å²) in [5, 5.41) is 13.4. The van der Waals surface area contributed by atoms with E-state index in [0.29, 0.717) is 11.7 Å². The number of nitrogens with one attached hydrogen (secondary N) is 1. The molecule has 2 aromatic rings. The average Bonchev–Trinajstić information content (AvgIpc) is 3.01. The molecule has 1 N–H and O–H groups in total. The molecule has 1 aliphatic rings. The van der Waals surface area contributed by atoms with Crippen molar-refractivity contribution in [2.24, 2.45) is 5.92 Å². The van der Waals surface area contributed by atoms with Gasteiger partial charge in [0.2, 0.25) is 5.91 Å². The van der Waals surface area contributed by atoms with E-state index < -0.39 is 0 Å². The fraction of sp³-hybridized carbons (Fsp3) is 0.385. The van der Waals surface area contributed by atoms with Gasteiger partial charge in [0, 0.05) is 30.9 Å². The summed E-state index contributed by atoms with van der Waals surface area (Å²) < 4.78 is 0. The van der Waals surface area contributed by atoms with E-state index in [-0.39, 0.29) is 11.8 Å². The molecule has 0 aromatic carbocycles. The predicted octanol–water partition coefficient (Wildman–Crippen LogP) is 1.79. The fourth-order valence-electron chi connectivity index (χ4n) is 2.35. The predicted molar refractivity (Wildman–Crippen MR) is 77.7 cm³/mol. The third-order valence-electron chi connectivity index (χ3n) is 3.34. The van der Waals surface area contributed by atoms with Crippen LogP contribution in [0, 0.1) is 5.92 Å². The number of amides is 1. The third-order valence-corrected chi connectivity index (χ3v) is 4.03. The van der Waals surface area contributed by atoms with Crippen molar-refractivity contribution in [3.05, 3.63) is 29.9 Å². The molecular weight excluding hydrogens is 274 g/mol. The van der Waals surface area contributed by atoms with Gasteiger partial charge in [-0.25, -0.2) is 4.98 Å². The van der Waals surface area contributed by atoms with Crippen LogP contribution in [0.5, 0.6) is 0 Å². The molecule has 1 aliphatic heterocycles. The first-order chi connectivity index (χ1) is 9.83. The third kappa shape index (κ3) is 2.93. The highest BCUT2D eigenvalue weighted by atomic mass is 32.1. The molecule has 7 heteroatoms. The van der Waals surface area contributed by atoms with E-state index in [2.05, 4.69) is 25.4 Å². The maximum absolute atomic E-state index is 12.2.